The fraction of sp³-hybridized carbons (Fsp3) is 0.809. The molecule has 0 aliphatic carbocycles. The van der Waals surface area contributed by atoms with Crippen LogP contribution in [-0.2, 0) is 33.2 Å². The minimum atomic E-state index is -1.98. The summed E-state index contributed by atoms with van der Waals surface area (Å²) in [5, 5.41) is 121. The summed E-state index contributed by atoms with van der Waals surface area (Å²) in [5.74, 6) is -0.259. The zero-order valence-corrected chi connectivity index (χ0v) is 53.0. The molecule has 0 radical (unpaired) electrons. The Labute approximate surface area is 521 Å². The second-order valence-electron chi connectivity index (χ2n) is 23.9. The molecular formula is C68H119NO18. The number of aliphatic hydroxyl groups excluding tert-OH is 11. The molecule has 19 heteroatoms. The van der Waals surface area contributed by atoms with E-state index >= 15 is 0 Å². The van der Waals surface area contributed by atoms with Gasteiger partial charge < -0.3 is 89.9 Å². The number of nitrogens with one attached hydrogen (secondary N) is 1. The van der Waals surface area contributed by atoms with Gasteiger partial charge in [-0.3, -0.25) is 4.79 Å². The zero-order valence-electron chi connectivity index (χ0n) is 53.0. The van der Waals surface area contributed by atoms with Crippen LogP contribution in [-0.4, -0.2) is 193 Å². The van der Waals surface area contributed by atoms with Gasteiger partial charge in [0.15, 0.2) is 18.9 Å². The molecule has 0 saturated carbocycles. The molecule has 3 aliphatic heterocycles. The van der Waals surface area contributed by atoms with Crippen LogP contribution in [0.1, 0.15) is 219 Å². The molecule has 3 heterocycles. The van der Waals surface area contributed by atoms with E-state index in [-0.39, 0.29) is 18.9 Å². The molecule has 504 valence electrons. The number of unbranched alkanes of at least 4 members (excludes halogenated alkanes) is 22. The van der Waals surface area contributed by atoms with E-state index in [0.717, 1.165) is 103 Å². The van der Waals surface area contributed by atoms with Crippen LogP contribution < -0.4 is 5.32 Å². The number of rotatable bonds is 50. The Kier molecular flexibility index (Phi) is 45.0. The molecule has 3 rings (SSSR count). The van der Waals surface area contributed by atoms with E-state index in [9.17, 15) is 61.0 Å². The fourth-order valence-corrected chi connectivity index (χ4v) is 11.1. The summed E-state index contributed by atoms with van der Waals surface area (Å²) in [5.41, 5.74) is 0. The van der Waals surface area contributed by atoms with Crippen LogP contribution in [0.4, 0.5) is 0 Å². The van der Waals surface area contributed by atoms with Crippen molar-refractivity contribution in [3.05, 3.63) is 72.9 Å². The molecule has 17 atom stereocenters. The average molecular weight is 1240 g/mol. The van der Waals surface area contributed by atoms with Crippen molar-refractivity contribution in [2.24, 2.45) is 0 Å². The lowest BCUT2D eigenvalue weighted by atomic mass is 9.96. The SMILES string of the molecule is CC/C=C\C/C=C\C/C=C\C/C=C\C/C=C\C/C=C\CCCCCCCCC(=O)NC(COC1OC(CO)C(OC2OC(CO)C(OC3OC(CO)C(O)C(O)C3O)C(O)C2O)C(O)C1O)C(O)CCCCCCCCCCCCCCCCCCC. The number of aliphatic hydroxyl groups is 11. The monoisotopic (exact) mass is 1240 g/mol. The minimum Gasteiger partial charge on any atom is -0.394 e. The molecule has 0 aromatic carbocycles. The van der Waals surface area contributed by atoms with Gasteiger partial charge in [0, 0.05) is 6.42 Å². The van der Waals surface area contributed by atoms with Gasteiger partial charge in [-0.05, 0) is 64.2 Å². The quantitative estimate of drug-likeness (QED) is 0.0202. The Bertz CT molecular complexity index is 1860. The van der Waals surface area contributed by atoms with Crippen LogP contribution >= 0.6 is 0 Å². The van der Waals surface area contributed by atoms with Gasteiger partial charge in [0.25, 0.3) is 0 Å². The van der Waals surface area contributed by atoms with Crippen molar-refractivity contribution in [1.29, 1.82) is 0 Å². The molecular weight excluding hydrogens is 1120 g/mol. The molecule has 1 amide bonds. The zero-order chi connectivity index (χ0) is 63.3. The highest BCUT2D eigenvalue weighted by molar-refractivity contribution is 5.76. The second-order valence-corrected chi connectivity index (χ2v) is 23.9. The first-order valence-corrected chi connectivity index (χ1v) is 33.7. The number of carbonyl (C=O) groups excluding carboxylic acids is 1. The predicted molar refractivity (Wildman–Crippen MR) is 337 cm³/mol. The van der Waals surface area contributed by atoms with Crippen molar-refractivity contribution in [3.8, 4) is 0 Å². The maximum absolute atomic E-state index is 13.4. The minimum absolute atomic E-state index is 0.245. The van der Waals surface area contributed by atoms with Crippen LogP contribution in [0, 0.1) is 0 Å². The van der Waals surface area contributed by atoms with Crippen LogP contribution in [0.3, 0.4) is 0 Å². The van der Waals surface area contributed by atoms with Gasteiger partial charge in [-0.2, -0.15) is 0 Å². The van der Waals surface area contributed by atoms with Crippen LogP contribution in [0.15, 0.2) is 72.9 Å². The molecule has 0 spiro atoms. The number of hydrogen-bond donors (Lipinski definition) is 12. The van der Waals surface area contributed by atoms with Gasteiger partial charge in [0.05, 0.1) is 38.6 Å². The number of carbonyl (C=O) groups is 1. The van der Waals surface area contributed by atoms with E-state index in [2.05, 4.69) is 92.1 Å². The average Bonchev–Trinajstić information content (AvgIpc) is 1.15. The molecule has 0 bridgehead atoms. The van der Waals surface area contributed by atoms with Crippen molar-refractivity contribution in [1.82, 2.24) is 5.32 Å². The lowest BCUT2D eigenvalue weighted by Crippen LogP contribution is -2.66. The predicted octanol–water partition coefficient (Wildman–Crippen LogP) is 8.16. The fourth-order valence-electron chi connectivity index (χ4n) is 11.1. The second kappa shape index (κ2) is 49.9. The van der Waals surface area contributed by atoms with Crippen molar-refractivity contribution in [2.75, 3.05) is 26.4 Å². The number of allylic oxidation sites excluding steroid dienone is 12. The van der Waals surface area contributed by atoms with E-state index in [0.29, 0.717) is 12.8 Å². The summed E-state index contributed by atoms with van der Waals surface area (Å²) in [4.78, 5) is 13.4. The highest BCUT2D eigenvalue weighted by atomic mass is 16.8. The largest absolute Gasteiger partial charge is 0.394 e. The van der Waals surface area contributed by atoms with Gasteiger partial charge in [-0.15, -0.1) is 0 Å². The topological polar surface area (TPSA) is 307 Å². The van der Waals surface area contributed by atoms with Crippen molar-refractivity contribution in [3.63, 3.8) is 0 Å². The first-order valence-electron chi connectivity index (χ1n) is 33.7. The summed E-state index contributed by atoms with van der Waals surface area (Å²) in [6.07, 6.45) is 33.9. The van der Waals surface area contributed by atoms with E-state index in [1.165, 1.54) is 83.5 Å². The third-order valence-electron chi connectivity index (χ3n) is 16.5. The van der Waals surface area contributed by atoms with E-state index in [4.69, 9.17) is 28.4 Å². The Morgan fingerprint density at radius 2 is 0.793 bits per heavy atom. The number of ether oxygens (including phenoxy) is 6. The summed E-state index contributed by atoms with van der Waals surface area (Å²) in [6.45, 7) is 1.67. The van der Waals surface area contributed by atoms with Gasteiger partial charge >= 0.3 is 0 Å². The lowest BCUT2D eigenvalue weighted by molar-refractivity contribution is -0.379. The van der Waals surface area contributed by atoms with E-state index < -0.39 is 124 Å². The van der Waals surface area contributed by atoms with Gasteiger partial charge in [-0.1, -0.05) is 222 Å². The van der Waals surface area contributed by atoms with Gasteiger partial charge in [0.2, 0.25) is 5.91 Å². The standard InChI is InChI=1S/C68H119NO18/c1-3-5-7-9-11-13-15-17-19-21-22-23-24-25-26-27-28-30-32-34-36-38-40-42-44-46-56(74)69-51(52(73)45-43-41-39-37-35-33-31-29-20-18-16-14-12-10-8-6-4-2)50-82-66-62(80)59(77)64(54(48-71)84-66)87-68-63(81)60(78)65(55(49-72)85-68)86-67-61(79)58(76)57(75)53(47-70)83-67/h5,7,11,13,17,19,22-23,25-26,28,30,51-55,57-68,70-73,75-81H,3-4,6,8-10,12,14-16,18,20-21,24,27,29,31-50H2,1-2H3,(H,69,74)/b7-5-,13-11-,19-17-,23-22-,26-25-,30-28-. The van der Waals surface area contributed by atoms with Crippen molar-refractivity contribution >= 4 is 5.91 Å². The molecule has 17 unspecified atom stereocenters. The maximum Gasteiger partial charge on any atom is 0.220 e. The molecule has 0 aromatic heterocycles. The molecule has 87 heavy (non-hydrogen) atoms. The Hall–Kier alpha value is -2.77. The molecule has 19 nitrogen and oxygen atoms in total. The third-order valence-corrected chi connectivity index (χ3v) is 16.5. The molecule has 3 fully saturated rings. The summed E-state index contributed by atoms with van der Waals surface area (Å²) in [7, 11) is 0. The molecule has 12 N–H and O–H groups in total. The Balaban J connectivity index is 1.45. The smallest absolute Gasteiger partial charge is 0.220 e. The van der Waals surface area contributed by atoms with Crippen LogP contribution in [0.2, 0.25) is 0 Å². The maximum atomic E-state index is 13.4. The normalized spacial score (nSPS) is 29.0. The van der Waals surface area contributed by atoms with Crippen molar-refractivity contribution < 1.29 is 89.4 Å². The van der Waals surface area contributed by atoms with Crippen LogP contribution in [0.5, 0.6) is 0 Å². The van der Waals surface area contributed by atoms with Crippen LogP contribution in [0.25, 0.3) is 0 Å². The molecule has 0 aromatic rings. The first-order chi connectivity index (χ1) is 42.3. The summed E-state index contributed by atoms with van der Waals surface area (Å²) >= 11 is 0. The third kappa shape index (κ3) is 32.4. The molecule has 3 saturated heterocycles. The number of hydrogen-bond acceptors (Lipinski definition) is 18. The highest BCUT2D eigenvalue weighted by Gasteiger charge is 2.53. The van der Waals surface area contributed by atoms with E-state index in [1.807, 2.05) is 0 Å². The van der Waals surface area contributed by atoms with E-state index in [1.54, 1.807) is 0 Å². The summed E-state index contributed by atoms with van der Waals surface area (Å²) < 4.78 is 34.4. The van der Waals surface area contributed by atoms with Gasteiger partial charge in [0.1, 0.15) is 73.2 Å². The van der Waals surface area contributed by atoms with Gasteiger partial charge in [-0.25, -0.2) is 0 Å². The lowest BCUT2D eigenvalue weighted by Gasteiger charge is -2.48. The highest BCUT2D eigenvalue weighted by Crippen LogP contribution is 2.33. The van der Waals surface area contributed by atoms with Crippen molar-refractivity contribution in [2.45, 2.75) is 324 Å². The first kappa shape index (κ1) is 78.5. The number of amides is 1. The Morgan fingerprint density at radius 1 is 0.425 bits per heavy atom. The molecule has 3 aliphatic rings. The Morgan fingerprint density at radius 3 is 1.24 bits per heavy atom. The summed E-state index contributed by atoms with van der Waals surface area (Å²) in [6, 6.07) is -0.900.